The van der Waals surface area contributed by atoms with Gasteiger partial charge in [0.25, 0.3) is 0 Å². The summed E-state index contributed by atoms with van der Waals surface area (Å²) in [7, 11) is 1.59. The highest BCUT2D eigenvalue weighted by Gasteiger charge is 2.37. The van der Waals surface area contributed by atoms with Crippen LogP contribution < -0.4 is 4.90 Å². The quantitative estimate of drug-likeness (QED) is 0.786. The first kappa shape index (κ1) is 10.8. The molecule has 1 fully saturated rings. The molecule has 0 radical (unpaired) electrons. The van der Waals surface area contributed by atoms with Gasteiger partial charge in [0.1, 0.15) is 6.04 Å². The third-order valence-electron chi connectivity index (χ3n) is 2.73. The molecule has 1 aliphatic rings. The number of carboxylic acids is 1. The van der Waals surface area contributed by atoms with Crippen LogP contribution in [-0.2, 0) is 9.53 Å². The average molecular weight is 223 g/mol. The number of hydrogen-bond donors (Lipinski definition) is 1. The SMILES string of the molecule is COC1CC(C(=O)O)N(c2cccnn2)C1. The lowest BCUT2D eigenvalue weighted by Gasteiger charge is -2.21. The Morgan fingerprint density at radius 2 is 2.50 bits per heavy atom. The van der Waals surface area contributed by atoms with Crippen molar-refractivity contribution >= 4 is 11.8 Å². The van der Waals surface area contributed by atoms with Gasteiger partial charge >= 0.3 is 5.97 Å². The molecule has 1 aliphatic heterocycles. The van der Waals surface area contributed by atoms with E-state index in [0.29, 0.717) is 18.8 Å². The first-order chi connectivity index (χ1) is 7.72. The van der Waals surface area contributed by atoms with E-state index in [2.05, 4.69) is 10.2 Å². The van der Waals surface area contributed by atoms with Crippen LogP contribution in [-0.4, -0.2) is 47.1 Å². The van der Waals surface area contributed by atoms with Gasteiger partial charge in [-0.25, -0.2) is 4.79 Å². The van der Waals surface area contributed by atoms with Crippen LogP contribution in [0.3, 0.4) is 0 Å². The topological polar surface area (TPSA) is 75.6 Å². The Kier molecular flexibility index (Phi) is 3.00. The zero-order valence-electron chi connectivity index (χ0n) is 8.91. The van der Waals surface area contributed by atoms with E-state index in [9.17, 15) is 4.79 Å². The fourth-order valence-electron chi connectivity index (χ4n) is 1.90. The van der Waals surface area contributed by atoms with Gasteiger partial charge in [0.05, 0.1) is 6.10 Å². The number of methoxy groups -OCH3 is 1. The molecule has 6 nitrogen and oxygen atoms in total. The predicted octanol–water partition coefficient (Wildman–Crippen LogP) is 0.155. The molecule has 16 heavy (non-hydrogen) atoms. The van der Waals surface area contributed by atoms with Crippen LogP contribution in [0, 0.1) is 0 Å². The molecule has 0 spiro atoms. The summed E-state index contributed by atoms with van der Waals surface area (Å²) in [5.74, 6) is -0.278. The first-order valence-electron chi connectivity index (χ1n) is 5.02. The highest BCUT2D eigenvalue weighted by molar-refractivity contribution is 5.78. The van der Waals surface area contributed by atoms with E-state index in [4.69, 9.17) is 9.84 Å². The lowest BCUT2D eigenvalue weighted by molar-refractivity contribution is -0.138. The molecule has 86 valence electrons. The molecule has 1 saturated heterocycles. The number of carboxylic acid groups (broad SMARTS) is 1. The van der Waals surface area contributed by atoms with Crippen molar-refractivity contribution in [2.24, 2.45) is 0 Å². The Balaban J connectivity index is 2.22. The fourth-order valence-corrected chi connectivity index (χ4v) is 1.90. The first-order valence-corrected chi connectivity index (χ1v) is 5.02. The number of aliphatic carboxylic acids is 1. The van der Waals surface area contributed by atoms with Crippen LogP contribution in [0.5, 0.6) is 0 Å². The Morgan fingerprint density at radius 1 is 1.69 bits per heavy atom. The van der Waals surface area contributed by atoms with Gasteiger partial charge in [-0.2, -0.15) is 5.10 Å². The van der Waals surface area contributed by atoms with E-state index in [0.717, 1.165) is 0 Å². The minimum absolute atomic E-state index is 0.0666. The van der Waals surface area contributed by atoms with Crippen molar-refractivity contribution in [2.75, 3.05) is 18.6 Å². The van der Waals surface area contributed by atoms with Gasteiger partial charge in [0.2, 0.25) is 0 Å². The van der Waals surface area contributed by atoms with E-state index in [1.54, 1.807) is 30.3 Å². The molecule has 0 aromatic carbocycles. The summed E-state index contributed by atoms with van der Waals surface area (Å²) in [4.78, 5) is 12.8. The fraction of sp³-hybridized carbons (Fsp3) is 0.500. The molecule has 0 amide bonds. The van der Waals surface area contributed by atoms with Crippen molar-refractivity contribution in [3.05, 3.63) is 18.3 Å². The molecule has 2 atom stereocenters. The van der Waals surface area contributed by atoms with Crippen molar-refractivity contribution in [2.45, 2.75) is 18.6 Å². The van der Waals surface area contributed by atoms with E-state index in [1.165, 1.54) is 0 Å². The summed E-state index contributed by atoms with van der Waals surface area (Å²) in [6.07, 6.45) is 1.97. The molecule has 1 aromatic heterocycles. The second-order valence-corrected chi connectivity index (χ2v) is 3.68. The minimum atomic E-state index is -0.856. The van der Waals surface area contributed by atoms with Crippen LogP contribution in [0.15, 0.2) is 18.3 Å². The zero-order valence-corrected chi connectivity index (χ0v) is 8.91. The molecule has 6 heteroatoms. The van der Waals surface area contributed by atoms with Gasteiger partial charge in [-0.15, -0.1) is 5.10 Å². The monoisotopic (exact) mass is 223 g/mol. The summed E-state index contributed by atoms with van der Waals surface area (Å²) in [6, 6.07) is 2.91. The van der Waals surface area contributed by atoms with Crippen molar-refractivity contribution in [3.8, 4) is 0 Å². The number of ether oxygens (including phenoxy) is 1. The molecule has 2 unspecified atom stereocenters. The Morgan fingerprint density at radius 3 is 3.06 bits per heavy atom. The molecule has 2 heterocycles. The number of hydrogen-bond acceptors (Lipinski definition) is 5. The van der Waals surface area contributed by atoms with Gasteiger partial charge < -0.3 is 14.7 Å². The molecular formula is C10H13N3O3. The molecule has 1 N–H and O–H groups in total. The van der Waals surface area contributed by atoms with E-state index >= 15 is 0 Å². The average Bonchev–Trinajstić information content (AvgIpc) is 2.74. The van der Waals surface area contributed by atoms with Crippen molar-refractivity contribution in [3.63, 3.8) is 0 Å². The van der Waals surface area contributed by atoms with Crippen molar-refractivity contribution in [1.29, 1.82) is 0 Å². The smallest absolute Gasteiger partial charge is 0.326 e. The van der Waals surface area contributed by atoms with Gasteiger partial charge in [-0.05, 0) is 12.1 Å². The summed E-state index contributed by atoms with van der Waals surface area (Å²) in [5.41, 5.74) is 0. The number of rotatable bonds is 3. The van der Waals surface area contributed by atoms with Crippen molar-refractivity contribution < 1.29 is 14.6 Å². The standard InChI is InChI=1S/C10H13N3O3/c1-16-7-5-8(10(14)15)13(6-7)9-3-2-4-11-12-9/h2-4,7-8H,5-6H2,1H3,(H,14,15). The maximum Gasteiger partial charge on any atom is 0.326 e. The lowest BCUT2D eigenvalue weighted by Crippen LogP contribution is -2.36. The highest BCUT2D eigenvalue weighted by atomic mass is 16.5. The molecular weight excluding hydrogens is 210 g/mol. The highest BCUT2D eigenvalue weighted by Crippen LogP contribution is 2.24. The summed E-state index contributed by atoms with van der Waals surface area (Å²) in [5, 5.41) is 16.8. The van der Waals surface area contributed by atoms with Crippen LogP contribution in [0.1, 0.15) is 6.42 Å². The second-order valence-electron chi connectivity index (χ2n) is 3.68. The number of anilines is 1. The second kappa shape index (κ2) is 4.44. The minimum Gasteiger partial charge on any atom is -0.480 e. The Hall–Kier alpha value is -1.69. The lowest BCUT2D eigenvalue weighted by atomic mass is 10.2. The van der Waals surface area contributed by atoms with Gasteiger partial charge in [0.15, 0.2) is 5.82 Å². The number of carbonyl (C=O) groups is 1. The molecule has 1 aromatic rings. The summed E-state index contributed by atoms with van der Waals surface area (Å²) < 4.78 is 5.19. The maximum absolute atomic E-state index is 11.1. The van der Waals surface area contributed by atoms with Gasteiger partial charge in [0, 0.05) is 26.3 Å². The number of aromatic nitrogens is 2. The van der Waals surface area contributed by atoms with Gasteiger partial charge in [-0.3, -0.25) is 0 Å². The maximum atomic E-state index is 11.1. The van der Waals surface area contributed by atoms with Gasteiger partial charge in [-0.1, -0.05) is 0 Å². The van der Waals surface area contributed by atoms with E-state index < -0.39 is 12.0 Å². The predicted molar refractivity (Wildman–Crippen MR) is 56.2 cm³/mol. The molecule has 0 saturated carbocycles. The summed E-state index contributed by atoms with van der Waals surface area (Å²) in [6.45, 7) is 0.534. The number of nitrogens with zero attached hydrogens (tertiary/aromatic N) is 3. The zero-order chi connectivity index (χ0) is 11.5. The Bertz CT molecular complexity index is 371. The third kappa shape index (κ3) is 1.96. The van der Waals surface area contributed by atoms with Crippen LogP contribution in [0.2, 0.25) is 0 Å². The molecule has 0 aliphatic carbocycles. The molecule has 2 rings (SSSR count). The van der Waals surface area contributed by atoms with Crippen LogP contribution in [0.25, 0.3) is 0 Å². The van der Waals surface area contributed by atoms with Crippen molar-refractivity contribution in [1.82, 2.24) is 10.2 Å². The Labute approximate surface area is 92.9 Å². The van der Waals surface area contributed by atoms with E-state index in [1.807, 2.05) is 0 Å². The van der Waals surface area contributed by atoms with Crippen LogP contribution in [0.4, 0.5) is 5.82 Å². The molecule has 0 bridgehead atoms. The summed E-state index contributed by atoms with van der Waals surface area (Å²) >= 11 is 0. The van der Waals surface area contributed by atoms with Crippen LogP contribution >= 0.6 is 0 Å². The van der Waals surface area contributed by atoms with E-state index in [-0.39, 0.29) is 6.10 Å². The third-order valence-corrected chi connectivity index (χ3v) is 2.73. The normalized spacial score (nSPS) is 24.7. The largest absolute Gasteiger partial charge is 0.480 e.